The molecule has 1 aliphatic heterocycles. The molecule has 1 aliphatic rings. The summed E-state index contributed by atoms with van der Waals surface area (Å²) in [4.78, 5) is 13.6. The Labute approximate surface area is 124 Å². The lowest BCUT2D eigenvalue weighted by Gasteiger charge is -2.19. The molecule has 1 heterocycles. The molecule has 0 fully saturated rings. The van der Waals surface area contributed by atoms with Crippen LogP contribution in [0.5, 0.6) is 0 Å². The Kier molecular flexibility index (Phi) is 3.76. The molecule has 0 bridgehead atoms. The largest absolute Gasteiger partial charge is 0.384 e. The fourth-order valence-corrected chi connectivity index (χ4v) is 2.86. The first-order valence-electron chi connectivity index (χ1n) is 7.29. The molecule has 1 N–H and O–H groups in total. The van der Waals surface area contributed by atoms with Crippen molar-refractivity contribution in [2.75, 3.05) is 11.9 Å². The number of aliphatic hydroxyl groups is 1. The number of rotatable bonds is 2. The van der Waals surface area contributed by atoms with E-state index < -0.39 is 6.10 Å². The number of aryl methyl sites for hydroxylation is 1. The normalized spacial score (nSPS) is 16.3. The van der Waals surface area contributed by atoms with Crippen LogP contribution in [0.3, 0.4) is 0 Å². The fraction of sp³-hybridized carbons (Fsp3) is 0.278. The molecule has 1 amide bonds. The van der Waals surface area contributed by atoms with E-state index in [9.17, 15) is 9.90 Å². The highest BCUT2D eigenvalue weighted by Crippen LogP contribution is 2.30. The van der Waals surface area contributed by atoms with Crippen LogP contribution in [0, 0.1) is 0 Å². The van der Waals surface area contributed by atoms with Gasteiger partial charge in [-0.05, 0) is 35.6 Å². The van der Waals surface area contributed by atoms with Crippen molar-refractivity contribution in [3.63, 3.8) is 0 Å². The second-order valence-electron chi connectivity index (χ2n) is 5.51. The number of amides is 1. The molecule has 1 unspecified atom stereocenters. The van der Waals surface area contributed by atoms with Gasteiger partial charge in [0, 0.05) is 19.2 Å². The molecule has 0 radical (unpaired) electrons. The van der Waals surface area contributed by atoms with Gasteiger partial charge in [0.05, 0.1) is 0 Å². The third-order valence-corrected chi connectivity index (χ3v) is 4.11. The molecule has 2 aromatic carbocycles. The minimum Gasteiger partial charge on any atom is -0.384 e. The van der Waals surface area contributed by atoms with Crippen molar-refractivity contribution in [1.29, 1.82) is 0 Å². The predicted octanol–water partition coefficient (Wildman–Crippen LogP) is 3.07. The number of carbonyl (C=O) groups is 1. The lowest BCUT2D eigenvalue weighted by molar-refractivity contribution is -0.118. The topological polar surface area (TPSA) is 40.5 Å². The van der Waals surface area contributed by atoms with Gasteiger partial charge in [-0.1, -0.05) is 42.5 Å². The summed E-state index contributed by atoms with van der Waals surface area (Å²) in [6, 6.07) is 15.5. The number of hydrogen-bond donors (Lipinski definition) is 1. The zero-order chi connectivity index (χ0) is 14.8. The second-order valence-corrected chi connectivity index (χ2v) is 5.51. The third kappa shape index (κ3) is 2.69. The Morgan fingerprint density at radius 3 is 2.57 bits per heavy atom. The highest BCUT2D eigenvalue weighted by molar-refractivity contribution is 5.94. The summed E-state index contributed by atoms with van der Waals surface area (Å²) in [6.45, 7) is 0. The summed E-state index contributed by atoms with van der Waals surface area (Å²) >= 11 is 0. The summed E-state index contributed by atoms with van der Waals surface area (Å²) in [7, 11) is 1.82. The van der Waals surface area contributed by atoms with Gasteiger partial charge in [0.15, 0.2) is 0 Å². The summed E-state index contributed by atoms with van der Waals surface area (Å²) in [5.74, 6) is 0.158. The molecular weight excluding hydrogens is 262 g/mol. The molecule has 0 aliphatic carbocycles. The van der Waals surface area contributed by atoms with E-state index in [0.717, 1.165) is 35.2 Å². The summed E-state index contributed by atoms with van der Waals surface area (Å²) in [5, 5.41) is 10.5. The lowest BCUT2D eigenvalue weighted by Crippen LogP contribution is -2.25. The monoisotopic (exact) mass is 281 g/mol. The SMILES string of the molecule is CN1C(=O)CCCc2cc(C(O)c3ccccc3)ccc21. The van der Waals surface area contributed by atoms with Crippen molar-refractivity contribution in [2.24, 2.45) is 0 Å². The van der Waals surface area contributed by atoms with Gasteiger partial charge >= 0.3 is 0 Å². The average Bonchev–Trinajstić information content (AvgIpc) is 2.67. The van der Waals surface area contributed by atoms with E-state index in [1.807, 2.05) is 55.6 Å². The Balaban J connectivity index is 1.96. The van der Waals surface area contributed by atoms with E-state index in [1.165, 1.54) is 0 Å². The predicted molar refractivity (Wildman–Crippen MR) is 83.3 cm³/mol. The van der Waals surface area contributed by atoms with E-state index >= 15 is 0 Å². The van der Waals surface area contributed by atoms with Crippen LogP contribution in [0.4, 0.5) is 5.69 Å². The highest BCUT2D eigenvalue weighted by atomic mass is 16.3. The van der Waals surface area contributed by atoms with Crippen molar-refractivity contribution in [3.8, 4) is 0 Å². The number of aliphatic hydroxyl groups excluding tert-OH is 1. The van der Waals surface area contributed by atoms with Gasteiger partial charge in [0.2, 0.25) is 5.91 Å². The smallest absolute Gasteiger partial charge is 0.226 e. The van der Waals surface area contributed by atoms with Crippen molar-refractivity contribution in [2.45, 2.75) is 25.4 Å². The average molecular weight is 281 g/mol. The van der Waals surface area contributed by atoms with Crippen LogP contribution in [0.2, 0.25) is 0 Å². The maximum Gasteiger partial charge on any atom is 0.226 e. The Morgan fingerprint density at radius 2 is 1.81 bits per heavy atom. The molecule has 108 valence electrons. The molecule has 2 aromatic rings. The maximum absolute atomic E-state index is 11.9. The van der Waals surface area contributed by atoms with Crippen LogP contribution < -0.4 is 4.90 Å². The number of carbonyl (C=O) groups excluding carboxylic acids is 1. The van der Waals surface area contributed by atoms with Gasteiger partial charge in [-0.2, -0.15) is 0 Å². The van der Waals surface area contributed by atoms with Gasteiger partial charge in [-0.3, -0.25) is 4.79 Å². The van der Waals surface area contributed by atoms with Gasteiger partial charge in [-0.25, -0.2) is 0 Å². The molecule has 0 saturated heterocycles. The number of fused-ring (bicyclic) bond motifs is 1. The first kappa shape index (κ1) is 13.8. The molecule has 21 heavy (non-hydrogen) atoms. The van der Waals surface area contributed by atoms with E-state index in [0.29, 0.717) is 6.42 Å². The third-order valence-electron chi connectivity index (χ3n) is 4.11. The number of hydrogen-bond acceptors (Lipinski definition) is 2. The first-order valence-corrected chi connectivity index (χ1v) is 7.29. The fourth-order valence-electron chi connectivity index (χ4n) is 2.86. The van der Waals surface area contributed by atoms with Gasteiger partial charge in [0.1, 0.15) is 6.10 Å². The number of benzene rings is 2. The van der Waals surface area contributed by atoms with Crippen LogP contribution >= 0.6 is 0 Å². The quantitative estimate of drug-likeness (QED) is 0.919. The van der Waals surface area contributed by atoms with Crippen LogP contribution in [-0.2, 0) is 11.2 Å². The minimum absolute atomic E-state index is 0.158. The van der Waals surface area contributed by atoms with Crippen molar-refractivity contribution in [3.05, 3.63) is 65.2 Å². The van der Waals surface area contributed by atoms with Gasteiger partial charge in [0.25, 0.3) is 0 Å². The summed E-state index contributed by atoms with van der Waals surface area (Å²) < 4.78 is 0. The Bertz CT molecular complexity index is 652. The number of anilines is 1. The van der Waals surface area contributed by atoms with Crippen molar-refractivity contribution < 1.29 is 9.90 Å². The van der Waals surface area contributed by atoms with E-state index in [2.05, 4.69) is 0 Å². The minimum atomic E-state index is -0.624. The molecule has 0 saturated carbocycles. The molecule has 3 heteroatoms. The maximum atomic E-state index is 11.9. The summed E-state index contributed by atoms with van der Waals surface area (Å²) in [5.41, 5.74) is 3.86. The first-order chi connectivity index (χ1) is 10.2. The van der Waals surface area contributed by atoms with E-state index in [-0.39, 0.29) is 5.91 Å². The summed E-state index contributed by atoms with van der Waals surface area (Å²) in [6.07, 6.45) is 1.70. The van der Waals surface area contributed by atoms with Gasteiger partial charge in [-0.15, -0.1) is 0 Å². The molecule has 0 aromatic heterocycles. The van der Waals surface area contributed by atoms with Gasteiger partial charge < -0.3 is 10.0 Å². The van der Waals surface area contributed by atoms with E-state index in [4.69, 9.17) is 0 Å². The molecule has 0 spiro atoms. The van der Waals surface area contributed by atoms with Crippen LogP contribution in [-0.4, -0.2) is 18.1 Å². The van der Waals surface area contributed by atoms with Crippen LogP contribution in [0.1, 0.15) is 35.6 Å². The zero-order valence-electron chi connectivity index (χ0n) is 12.1. The molecule has 1 atom stereocenters. The Hall–Kier alpha value is -2.13. The zero-order valence-corrected chi connectivity index (χ0v) is 12.1. The number of nitrogens with zero attached hydrogens (tertiary/aromatic N) is 1. The lowest BCUT2D eigenvalue weighted by atomic mass is 9.97. The van der Waals surface area contributed by atoms with Crippen LogP contribution in [0.25, 0.3) is 0 Å². The Morgan fingerprint density at radius 1 is 1.05 bits per heavy atom. The second kappa shape index (κ2) is 5.70. The van der Waals surface area contributed by atoms with Crippen molar-refractivity contribution >= 4 is 11.6 Å². The van der Waals surface area contributed by atoms with Crippen LogP contribution in [0.15, 0.2) is 48.5 Å². The van der Waals surface area contributed by atoms with Crippen molar-refractivity contribution in [1.82, 2.24) is 0 Å². The molecule has 3 nitrogen and oxygen atoms in total. The molecular formula is C18H19NO2. The highest BCUT2D eigenvalue weighted by Gasteiger charge is 2.20. The molecule has 3 rings (SSSR count). The van der Waals surface area contributed by atoms with E-state index in [1.54, 1.807) is 4.90 Å². The standard InChI is InChI=1S/C18H19NO2/c1-19-16-11-10-15(12-14(16)8-5-9-17(19)20)18(21)13-6-3-2-4-7-13/h2-4,6-7,10-12,18,21H,5,8-9H2,1H3.